The predicted molar refractivity (Wildman–Crippen MR) is 94.9 cm³/mol. The predicted octanol–water partition coefficient (Wildman–Crippen LogP) is 2.83. The monoisotopic (exact) mass is 320 g/mol. The van der Waals surface area contributed by atoms with Crippen molar-refractivity contribution in [2.75, 3.05) is 33.9 Å². The van der Waals surface area contributed by atoms with Crippen LogP contribution in [0.25, 0.3) is 0 Å². The molecule has 130 valence electrons. The summed E-state index contributed by atoms with van der Waals surface area (Å²) >= 11 is 0. The Balaban J connectivity index is 1.77. The van der Waals surface area contributed by atoms with Crippen molar-refractivity contribution in [2.45, 2.75) is 44.7 Å². The molecule has 1 atom stereocenters. The standard InChI is InChI=1S/C19H32N2O2/c1-15(20-18-8-4-16(14-22)5-9-18)17-6-10-19(11-7-17)23-13-12-21(2)3/h6-7,10-11,15-16,18,20,22H,4-5,8-9,12-14H2,1-3H3. The van der Waals surface area contributed by atoms with Gasteiger partial charge in [0.15, 0.2) is 0 Å². The molecule has 4 nitrogen and oxygen atoms in total. The van der Waals surface area contributed by atoms with Crippen LogP contribution in [0, 0.1) is 5.92 Å². The van der Waals surface area contributed by atoms with E-state index in [0.717, 1.165) is 25.1 Å². The highest BCUT2D eigenvalue weighted by molar-refractivity contribution is 5.29. The summed E-state index contributed by atoms with van der Waals surface area (Å²) in [5.74, 6) is 1.45. The summed E-state index contributed by atoms with van der Waals surface area (Å²) in [5.41, 5.74) is 1.30. The first kappa shape index (κ1) is 18.2. The first-order chi connectivity index (χ1) is 11.1. The number of aliphatic hydroxyl groups is 1. The van der Waals surface area contributed by atoms with Crippen LogP contribution in [0.5, 0.6) is 5.75 Å². The van der Waals surface area contributed by atoms with Gasteiger partial charge in [0.2, 0.25) is 0 Å². The lowest BCUT2D eigenvalue weighted by Crippen LogP contribution is -2.35. The lowest BCUT2D eigenvalue weighted by molar-refractivity contribution is 0.172. The van der Waals surface area contributed by atoms with Crippen LogP contribution in [-0.4, -0.2) is 49.9 Å². The Hall–Kier alpha value is -1.10. The molecule has 2 N–H and O–H groups in total. The van der Waals surface area contributed by atoms with Gasteiger partial charge < -0.3 is 20.1 Å². The van der Waals surface area contributed by atoms with Crippen LogP contribution in [0.15, 0.2) is 24.3 Å². The minimum Gasteiger partial charge on any atom is -0.492 e. The summed E-state index contributed by atoms with van der Waals surface area (Å²) in [4.78, 5) is 2.12. The zero-order valence-corrected chi connectivity index (χ0v) is 14.8. The second-order valence-electron chi connectivity index (χ2n) is 7.01. The van der Waals surface area contributed by atoms with Gasteiger partial charge in [-0.05, 0) is 70.3 Å². The number of nitrogens with one attached hydrogen (secondary N) is 1. The highest BCUT2D eigenvalue weighted by atomic mass is 16.5. The van der Waals surface area contributed by atoms with Crippen molar-refractivity contribution in [3.05, 3.63) is 29.8 Å². The Morgan fingerprint density at radius 3 is 2.39 bits per heavy atom. The molecule has 1 aromatic carbocycles. The highest BCUT2D eigenvalue weighted by Gasteiger charge is 2.21. The van der Waals surface area contributed by atoms with Crippen molar-refractivity contribution in [3.8, 4) is 5.75 Å². The molecule has 0 aromatic heterocycles. The van der Waals surface area contributed by atoms with Crippen LogP contribution in [0.3, 0.4) is 0 Å². The van der Waals surface area contributed by atoms with Crippen molar-refractivity contribution >= 4 is 0 Å². The van der Waals surface area contributed by atoms with Gasteiger partial charge in [-0.15, -0.1) is 0 Å². The second-order valence-corrected chi connectivity index (χ2v) is 7.01. The van der Waals surface area contributed by atoms with E-state index < -0.39 is 0 Å². The number of nitrogens with zero attached hydrogens (tertiary/aromatic N) is 1. The lowest BCUT2D eigenvalue weighted by atomic mass is 9.86. The smallest absolute Gasteiger partial charge is 0.119 e. The molecule has 23 heavy (non-hydrogen) atoms. The third-order valence-corrected chi connectivity index (χ3v) is 4.78. The van der Waals surface area contributed by atoms with E-state index in [1.807, 2.05) is 14.1 Å². The first-order valence-electron chi connectivity index (χ1n) is 8.83. The van der Waals surface area contributed by atoms with Crippen molar-refractivity contribution < 1.29 is 9.84 Å². The van der Waals surface area contributed by atoms with E-state index in [-0.39, 0.29) is 0 Å². The van der Waals surface area contributed by atoms with Gasteiger partial charge in [0.1, 0.15) is 12.4 Å². The van der Waals surface area contributed by atoms with Gasteiger partial charge in [0, 0.05) is 25.2 Å². The van der Waals surface area contributed by atoms with Gasteiger partial charge in [-0.1, -0.05) is 12.1 Å². The van der Waals surface area contributed by atoms with Gasteiger partial charge >= 0.3 is 0 Å². The molecule has 1 saturated carbocycles. The number of rotatable bonds is 8. The molecule has 1 fully saturated rings. The van der Waals surface area contributed by atoms with Crippen molar-refractivity contribution in [2.24, 2.45) is 5.92 Å². The summed E-state index contributed by atoms with van der Waals surface area (Å²) in [6.45, 7) is 4.21. The lowest BCUT2D eigenvalue weighted by Gasteiger charge is -2.30. The number of aliphatic hydroxyl groups excluding tert-OH is 1. The fourth-order valence-electron chi connectivity index (χ4n) is 3.16. The Labute approximate surface area is 140 Å². The molecule has 2 rings (SSSR count). The largest absolute Gasteiger partial charge is 0.492 e. The van der Waals surface area contributed by atoms with Gasteiger partial charge in [0.25, 0.3) is 0 Å². The Kier molecular flexibility index (Phi) is 7.34. The summed E-state index contributed by atoms with van der Waals surface area (Å²) in [6.07, 6.45) is 4.61. The summed E-state index contributed by atoms with van der Waals surface area (Å²) in [5, 5.41) is 12.9. The van der Waals surface area contributed by atoms with E-state index in [0.29, 0.717) is 31.2 Å². The number of hydrogen-bond donors (Lipinski definition) is 2. The maximum Gasteiger partial charge on any atom is 0.119 e. The van der Waals surface area contributed by atoms with Crippen LogP contribution in [0.2, 0.25) is 0 Å². The van der Waals surface area contributed by atoms with Crippen LogP contribution in [0.4, 0.5) is 0 Å². The summed E-state index contributed by atoms with van der Waals surface area (Å²) in [6, 6.07) is 9.35. The molecular weight excluding hydrogens is 288 g/mol. The van der Waals surface area contributed by atoms with Crippen LogP contribution < -0.4 is 10.1 Å². The van der Waals surface area contributed by atoms with E-state index in [2.05, 4.69) is 41.4 Å². The molecule has 0 radical (unpaired) electrons. The molecule has 1 aromatic rings. The minimum atomic E-state index is 0.345. The van der Waals surface area contributed by atoms with Gasteiger partial charge in [-0.2, -0.15) is 0 Å². The Morgan fingerprint density at radius 2 is 1.83 bits per heavy atom. The van der Waals surface area contributed by atoms with Crippen molar-refractivity contribution in [1.82, 2.24) is 10.2 Å². The maximum absolute atomic E-state index is 9.22. The normalized spacial score (nSPS) is 23.0. The number of likely N-dealkylation sites (N-methyl/N-ethyl adjacent to an activating group) is 1. The summed E-state index contributed by atoms with van der Waals surface area (Å²) < 4.78 is 5.74. The molecule has 0 saturated heterocycles. The van der Waals surface area contributed by atoms with E-state index in [9.17, 15) is 5.11 Å². The number of hydrogen-bond acceptors (Lipinski definition) is 4. The molecular formula is C19H32N2O2. The molecule has 0 aliphatic heterocycles. The van der Waals surface area contributed by atoms with Crippen LogP contribution in [-0.2, 0) is 0 Å². The van der Waals surface area contributed by atoms with E-state index >= 15 is 0 Å². The fraction of sp³-hybridized carbons (Fsp3) is 0.684. The minimum absolute atomic E-state index is 0.345. The van der Waals surface area contributed by atoms with Crippen LogP contribution in [0.1, 0.15) is 44.2 Å². The maximum atomic E-state index is 9.22. The third kappa shape index (κ3) is 6.13. The molecule has 0 heterocycles. The van der Waals surface area contributed by atoms with Crippen molar-refractivity contribution in [3.63, 3.8) is 0 Å². The number of benzene rings is 1. The molecule has 1 aliphatic rings. The molecule has 4 heteroatoms. The van der Waals surface area contributed by atoms with Gasteiger partial charge in [-0.25, -0.2) is 0 Å². The molecule has 0 spiro atoms. The van der Waals surface area contributed by atoms with Crippen LogP contribution >= 0.6 is 0 Å². The fourth-order valence-corrected chi connectivity index (χ4v) is 3.16. The average molecular weight is 320 g/mol. The SMILES string of the molecule is CC(NC1CCC(CO)CC1)c1ccc(OCCN(C)C)cc1. The van der Waals surface area contributed by atoms with E-state index in [1.54, 1.807) is 0 Å². The third-order valence-electron chi connectivity index (χ3n) is 4.78. The zero-order chi connectivity index (χ0) is 16.7. The zero-order valence-electron chi connectivity index (χ0n) is 14.8. The first-order valence-corrected chi connectivity index (χ1v) is 8.83. The van der Waals surface area contributed by atoms with Crippen molar-refractivity contribution in [1.29, 1.82) is 0 Å². The average Bonchev–Trinajstić information content (AvgIpc) is 2.56. The topological polar surface area (TPSA) is 44.7 Å². The molecule has 1 aliphatic carbocycles. The summed E-state index contributed by atoms with van der Waals surface area (Å²) in [7, 11) is 4.10. The molecule has 1 unspecified atom stereocenters. The molecule has 0 bridgehead atoms. The van der Waals surface area contributed by atoms with E-state index in [4.69, 9.17) is 4.74 Å². The second kappa shape index (κ2) is 9.26. The Morgan fingerprint density at radius 1 is 1.17 bits per heavy atom. The molecule has 0 amide bonds. The van der Waals surface area contributed by atoms with Gasteiger partial charge in [0.05, 0.1) is 0 Å². The quantitative estimate of drug-likeness (QED) is 0.773. The van der Waals surface area contributed by atoms with E-state index in [1.165, 1.54) is 18.4 Å². The number of ether oxygens (including phenoxy) is 1. The van der Waals surface area contributed by atoms with Gasteiger partial charge in [-0.3, -0.25) is 0 Å². The highest BCUT2D eigenvalue weighted by Crippen LogP contribution is 2.26. The Bertz CT molecular complexity index is 439.